The zero-order chi connectivity index (χ0) is 19.2. The summed E-state index contributed by atoms with van der Waals surface area (Å²) in [5.74, 6) is -0.883. The number of nitrogens with zero attached hydrogens (tertiary/aromatic N) is 1. The molecule has 0 saturated carbocycles. The third kappa shape index (κ3) is 5.17. The van der Waals surface area contributed by atoms with Gasteiger partial charge in [-0.1, -0.05) is 12.1 Å². The molecule has 0 spiro atoms. The molecule has 0 radical (unpaired) electrons. The number of piperidine rings is 1. The van der Waals surface area contributed by atoms with Crippen LogP contribution in [0.25, 0.3) is 6.08 Å². The number of rotatable bonds is 5. The van der Waals surface area contributed by atoms with Gasteiger partial charge in [0.2, 0.25) is 11.8 Å². The Hall–Kier alpha value is -3.15. The van der Waals surface area contributed by atoms with E-state index in [-0.39, 0.29) is 23.5 Å². The number of primary amides is 1. The normalized spacial score (nSPS) is 15.1. The molecule has 0 aromatic heterocycles. The number of halogens is 1. The number of benzene rings is 2. The largest absolute Gasteiger partial charge is 0.371 e. The number of hydrogen-bond acceptors (Lipinski definition) is 3. The van der Waals surface area contributed by atoms with E-state index in [1.165, 1.54) is 18.2 Å². The number of nitrogens with two attached hydrogens (primary N) is 1. The van der Waals surface area contributed by atoms with Crippen LogP contribution < -0.4 is 16.0 Å². The average molecular weight is 367 g/mol. The summed E-state index contributed by atoms with van der Waals surface area (Å²) in [6.07, 6.45) is 4.46. The maximum atomic E-state index is 13.1. The summed E-state index contributed by atoms with van der Waals surface area (Å²) in [4.78, 5) is 25.5. The Morgan fingerprint density at radius 3 is 2.44 bits per heavy atom. The first-order chi connectivity index (χ1) is 13.0. The van der Waals surface area contributed by atoms with Crippen LogP contribution in [0.4, 0.5) is 15.8 Å². The summed E-state index contributed by atoms with van der Waals surface area (Å²) in [6, 6.07) is 13.6. The van der Waals surface area contributed by atoms with Crippen molar-refractivity contribution in [3.63, 3.8) is 0 Å². The van der Waals surface area contributed by atoms with Gasteiger partial charge in [-0.3, -0.25) is 9.59 Å². The second-order valence-corrected chi connectivity index (χ2v) is 6.59. The lowest BCUT2D eigenvalue weighted by Gasteiger charge is -2.32. The smallest absolute Gasteiger partial charge is 0.248 e. The van der Waals surface area contributed by atoms with Gasteiger partial charge in [0.1, 0.15) is 5.82 Å². The van der Waals surface area contributed by atoms with Crippen LogP contribution in [0, 0.1) is 11.7 Å². The molecule has 3 N–H and O–H groups in total. The molecule has 1 aliphatic rings. The van der Waals surface area contributed by atoms with Crippen molar-refractivity contribution in [2.45, 2.75) is 12.8 Å². The third-order valence-electron chi connectivity index (χ3n) is 4.67. The zero-order valence-electron chi connectivity index (χ0n) is 14.9. The lowest BCUT2D eigenvalue weighted by molar-refractivity contribution is -0.122. The molecule has 1 heterocycles. The molecule has 6 heteroatoms. The predicted molar refractivity (Wildman–Crippen MR) is 105 cm³/mol. The van der Waals surface area contributed by atoms with Crippen LogP contribution in [0.15, 0.2) is 54.6 Å². The molecule has 5 nitrogen and oxygen atoms in total. The van der Waals surface area contributed by atoms with E-state index in [1.54, 1.807) is 18.2 Å². The molecule has 0 aliphatic carbocycles. The molecule has 0 atom stereocenters. The van der Waals surface area contributed by atoms with Gasteiger partial charge in [-0.25, -0.2) is 4.39 Å². The molecule has 2 aromatic rings. The summed E-state index contributed by atoms with van der Waals surface area (Å²) < 4.78 is 13.1. The number of hydrogen-bond donors (Lipinski definition) is 2. The zero-order valence-corrected chi connectivity index (χ0v) is 14.9. The average Bonchev–Trinajstić information content (AvgIpc) is 2.67. The summed E-state index contributed by atoms with van der Waals surface area (Å²) in [6.45, 7) is 1.57. The minimum Gasteiger partial charge on any atom is -0.371 e. The standard InChI is InChI=1S/C21H22FN3O2/c22-17-3-1-2-15(14-17)4-9-20(26)24-18-5-7-19(8-6-18)25-12-10-16(11-13-25)21(23)27/h1-9,14,16H,10-13H2,(H2,23,27)(H,24,26). The molecule has 1 aliphatic heterocycles. The fraction of sp³-hybridized carbons (Fsp3) is 0.238. The fourth-order valence-electron chi connectivity index (χ4n) is 3.14. The fourth-order valence-corrected chi connectivity index (χ4v) is 3.14. The van der Waals surface area contributed by atoms with Crippen LogP contribution in [0.1, 0.15) is 18.4 Å². The summed E-state index contributed by atoms with van der Waals surface area (Å²) >= 11 is 0. The molecule has 0 bridgehead atoms. The molecule has 0 unspecified atom stereocenters. The molecule has 140 valence electrons. The molecule has 2 amide bonds. The van der Waals surface area contributed by atoms with Gasteiger partial charge in [-0.05, 0) is 60.9 Å². The van der Waals surface area contributed by atoms with Crippen LogP contribution in [0.3, 0.4) is 0 Å². The molecule has 1 fully saturated rings. The highest BCUT2D eigenvalue weighted by molar-refractivity contribution is 6.02. The first kappa shape index (κ1) is 18.6. The molecular weight excluding hydrogens is 345 g/mol. The van der Waals surface area contributed by atoms with Gasteiger partial charge in [0.25, 0.3) is 0 Å². The number of anilines is 2. The van der Waals surface area contributed by atoms with Crippen molar-refractivity contribution in [1.82, 2.24) is 0 Å². The predicted octanol–water partition coefficient (Wildman–Crippen LogP) is 3.18. The summed E-state index contributed by atoms with van der Waals surface area (Å²) in [7, 11) is 0. The van der Waals surface area contributed by atoms with Crippen molar-refractivity contribution in [2.24, 2.45) is 11.7 Å². The van der Waals surface area contributed by atoms with Gasteiger partial charge in [0, 0.05) is 36.5 Å². The topological polar surface area (TPSA) is 75.4 Å². The Morgan fingerprint density at radius 2 is 1.81 bits per heavy atom. The number of nitrogens with one attached hydrogen (secondary N) is 1. The molecule has 2 aromatic carbocycles. The Balaban J connectivity index is 1.54. The Kier molecular flexibility index (Phi) is 5.86. The van der Waals surface area contributed by atoms with E-state index < -0.39 is 0 Å². The van der Waals surface area contributed by atoms with Crippen molar-refractivity contribution < 1.29 is 14.0 Å². The third-order valence-corrected chi connectivity index (χ3v) is 4.67. The summed E-state index contributed by atoms with van der Waals surface area (Å²) in [5, 5.41) is 2.78. The maximum Gasteiger partial charge on any atom is 0.248 e. The minimum absolute atomic E-state index is 0.0373. The van der Waals surface area contributed by atoms with Crippen molar-refractivity contribution >= 4 is 29.3 Å². The molecule has 1 saturated heterocycles. The van der Waals surface area contributed by atoms with E-state index in [2.05, 4.69) is 10.2 Å². The highest BCUT2D eigenvalue weighted by Gasteiger charge is 2.23. The minimum atomic E-state index is -0.340. The van der Waals surface area contributed by atoms with Crippen molar-refractivity contribution in [1.29, 1.82) is 0 Å². The van der Waals surface area contributed by atoms with Gasteiger partial charge in [0.15, 0.2) is 0 Å². The van der Waals surface area contributed by atoms with Gasteiger partial charge in [-0.15, -0.1) is 0 Å². The highest BCUT2D eigenvalue weighted by Crippen LogP contribution is 2.24. The van der Waals surface area contributed by atoms with E-state index >= 15 is 0 Å². The number of carbonyl (C=O) groups is 2. The second-order valence-electron chi connectivity index (χ2n) is 6.59. The SMILES string of the molecule is NC(=O)C1CCN(c2ccc(NC(=O)C=Cc3cccc(F)c3)cc2)CC1. The van der Waals surface area contributed by atoms with E-state index in [1.807, 2.05) is 24.3 Å². The van der Waals surface area contributed by atoms with Crippen LogP contribution in [0.2, 0.25) is 0 Å². The molecule has 27 heavy (non-hydrogen) atoms. The van der Waals surface area contributed by atoms with Gasteiger partial charge >= 0.3 is 0 Å². The van der Waals surface area contributed by atoms with E-state index in [9.17, 15) is 14.0 Å². The second kappa shape index (κ2) is 8.49. The van der Waals surface area contributed by atoms with Crippen molar-refractivity contribution in [2.75, 3.05) is 23.3 Å². The monoisotopic (exact) mass is 367 g/mol. The Labute approximate surface area is 157 Å². The number of amides is 2. The van der Waals surface area contributed by atoms with E-state index in [0.717, 1.165) is 31.6 Å². The lowest BCUT2D eigenvalue weighted by Crippen LogP contribution is -2.38. The summed E-state index contributed by atoms with van der Waals surface area (Å²) in [5.41, 5.74) is 7.72. The van der Waals surface area contributed by atoms with E-state index in [0.29, 0.717) is 11.3 Å². The van der Waals surface area contributed by atoms with Crippen molar-refractivity contribution in [3.8, 4) is 0 Å². The van der Waals surface area contributed by atoms with Crippen molar-refractivity contribution in [3.05, 3.63) is 66.0 Å². The Bertz CT molecular complexity index is 841. The first-order valence-corrected chi connectivity index (χ1v) is 8.90. The maximum absolute atomic E-state index is 13.1. The molecule has 3 rings (SSSR count). The van der Waals surface area contributed by atoms with Gasteiger partial charge in [0.05, 0.1) is 0 Å². The van der Waals surface area contributed by atoms with E-state index in [4.69, 9.17) is 5.73 Å². The van der Waals surface area contributed by atoms with Crippen LogP contribution in [0.5, 0.6) is 0 Å². The Morgan fingerprint density at radius 1 is 1.11 bits per heavy atom. The van der Waals surface area contributed by atoms with Crippen LogP contribution >= 0.6 is 0 Å². The van der Waals surface area contributed by atoms with Gasteiger partial charge < -0.3 is 16.0 Å². The molecular formula is C21H22FN3O2. The number of carbonyl (C=O) groups excluding carboxylic acids is 2. The van der Waals surface area contributed by atoms with Gasteiger partial charge in [-0.2, -0.15) is 0 Å². The quantitative estimate of drug-likeness (QED) is 0.797. The highest BCUT2D eigenvalue weighted by atomic mass is 19.1. The van der Waals surface area contributed by atoms with Crippen LogP contribution in [-0.4, -0.2) is 24.9 Å². The first-order valence-electron chi connectivity index (χ1n) is 8.90. The lowest BCUT2D eigenvalue weighted by atomic mass is 9.96. The van der Waals surface area contributed by atoms with Crippen LogP contribution in [-0.2, 0) is 9.59 Å².